The molecular weight excluding hydrogens is 462 g/mol. The number of carbonyl (C=O) groups is 3. The van der Waals surface area contributed by atoms with Gasteiger partial charge in [-0.05, 0) is 49.4 Å². The summed E-state index contributed by atoms with van der Waals surface area (Å²) in [6.07, 6.45) is -0.568. The maximum atomic E-state index is 13.2. The van der Waals surface area contributed by atoms with Gasteiger partial charge in [-0.3, -0.25) is 14.4 Å². The quantitative estimate of drug-likeness (QED) is 0.542. The molecule has 0 radical (unpaired) electrons. The first-order valence-electron chi connectivity index (χ1n) is 12.4. The molecule has 2 heterocycles. The molecule has 2 unspecified atom stereocenters. The van der Waals surface area contributed by atoms with Gasteiger partial charge in [0.05, 0.1) is 12.1 Å². The molecule has 0 aliphatic carbocycles. The number of carbonyl (C=O) groups excluding carboxylic acids is 3. The number of nitrogens with zero attached hydrogens (tertiary/aromatic N) is 1. The van der Waals surface area contributed by atoms with Crippen molar-refractivity contribution < 1.29 is 29.0 Å². The molecule has 2 aromatic carbocycles. The van der Waals surface area contributed by atoms with Crippen molar-refractivity contribution in [2.75, 3.05) is 13.1 Å². The number of aliphatic hydroxyl groups is 1. The second-order valence-electron chi connectivity index (χ2n) is 9.65. The summed E-state index contributed by atoms with van der Waals surface area (Å²) < 4.78 is 11.1. The zero-order chi connectivity index (χ0) is 25.7. The minimum absolute atomic E-state index is 0.113. The number of benzene rings is 2. The van der Waals surface area contributed by atoms with Gasteiger partial charge in [0.25, 0.3) is 5.91 Å². The van der Waals surface area contributed by atoms with Crippen LogP contribution in [0.15, 0.2) is 54.6 Å². The van der Waals surface area contributed by atoms with Crippen LogP contribution in [0.25, 0.3) is 0 Å². The van der Waals surface area contributed by atoms with Crippen molar-refractivity contribution in [3.05, 3.63) is 60.2 Å². The Kier molecular flexibility index (Phi) is 8.10. The average Bonchev–Trinajstić information content (AvgIpc) is 3.23. The Balaban J connectivity index is 1.36. The van der Waals surface area contributed by atoms with Crippen molar-refractivity contribution in [3.8, 4) is 11.5 Å². The summed E-state index contributed by atoms with van der Waals surface area (Å²) in [5.41, 5.74) is 0.561. The Morgan fingerprint density at radius 3 is 2.31 bits per heavy atom. The van der Waals surface area contributed by atoms with Gasteiger partial charge in [0.2, 0.25) is 5.91 Å². The lowest BCUT2D eigenvalue weighted by Crippen LogP contribution is -2.55. The Morgan fingerprint density at radius 2 is 1.67 bits per heavy atom. The van der Waals surface area contributed by atoms with E-state index in [1.165, 1.54) is 0 Å². The summed E-state index contributed by atoms with van der Waals surface area (Å²) in [6, 6.07) is 14.5. The van der Waals surface area contributed by atoms with E-state index in [-0.39, 0.29) is 24.3 Å². The molecule has 192 valence electrons. The zero-order valence-electron chi connectivity index (χ0n) is 20.6. The van der Waals surface area contributed by atoms with Gasteiger partial charge in [-0.25, -0.2) is 0 Å². The first-order valence-corrected chi connectivity index (χ1v) is 12.4. The molecule has 0 aromatic heterocycles. The maximum Gasteiger partial charge on any atom is 0.321 e. The second kappa shape index (κ2) is 11.4. The Hall–Kier alpha value is -3.59. The predicted molar refractivity (Wildman–Crippen MR) is 132 cm³/mol. The van der Waals surface area contributed by atoms with Gasteiger partial charge in [-0.15, -0.1) is 0 Å². The third-order valence-corrected chi connectivity index (χ3v) is 6.32. The van der Waals surface area contributed by atoms with E-state index in [2.05, 4.69) is 10.6 Å². The van der Waals surface area contributed by atoms with Crippen molar-refractivity contribution in [1.29, 1.82) is 0 Å². The van der Waals surface area contributed by atoms with Gasteiger partial charge >= 0.3 is 12.2 Å². The van der Waals surface area contributed by atoms with Crippen molar-refractivity contribution in [2.45, 2.75) is 57.6 Å². The van der Waals surface area contributed by atoms with Gasteiger partial charge in [0.1, 0.15) is 6.04 Å². The molecular formula is C27H33N3O6. The molecule has 3 N–H and O–H groups in total. The third-order valence-electron chi connectivity index (χ3n) is 6.32. The minimum Gasteiger partial charge on any atom is -0.442 e. The lowest BCUT2D eigenvalue weighted by Gasteiger charge is -2.28. The van der Waals surface area contributed by atoms with Gasteiger partial charge in [0.15, 0.2) is 11.5 Å². The average molecular weight is 496 g/mol. The number of β-amino-alcohol motifs (C(OH)–C–C–N with tert-alkyl or cyclic N) is 1. The van der Waals surface area contributed by atoms with Crippen LogP contribution in [0, 0.1) is 5.92 Å². The summed E-state index contributed by atoms with van der Waals surface area (Å²) in [6.45, 7) is 4.51. The molecule has 0 spiro atoms. The monoisotopic (exact) mass is 495 g/mol. The third kappa shape index (κ3) is 6.15. The molecule has 3 amide bonds. The molecule has 1 saturated heterocycles. The van der Waals surface area contributed by atoms with Crippen molar-refractivity contribution in [2.24, 2.45) is 5.92 Å². The number of hydrogen-bond donors (Lipinski definition) is 3. The minimum atomic E-state index is -1.18. The topological polar surface area (TPSA) is 117 Å². The number of likely N-dealkylation sites (tertiary alicyclic amines) is 1. The van der Waals surface area contributed by atoms with Crippen LogP contribution >= 0.6 is 0 Å². The Bertz CT molecular complexity index is 1050. The van der Waals surface area contributed by atoms with E-state index < -0.39 is 30.4 Å². The van der Waals surface area contributed by atoms with E-state index in [1.54, 1.807) is 53.4 Å². The number of ether oxygens (including phenoxy) is 2. The Morgan fingerprint density at radius 1 is 1.03 bits per heavy atom. The normalized spacial score (nSPS) is 20.5. The lowest BCUT2D eigenvalue weighted by atomic mass is 10.0. The summed E-state index contributed by atoms with van der Waals surface area (Å²) in [7, 11) is 0. The van der Waals surface area contributed by atoms with Crippen LogP contribution in [0.5, 0.6) is 11.5 Å². The fourth-order valence-electron chi connectivity index (χ4n) is 4.49. The van der Waals surface area contributed by atoms with E-state index in [4.69, 9.17) is 9.47 Å². The molecule has 2 aromatic rings. The van der Waals surface area contributed by atoms with E-state index in [0.29, 0.717) is 42.9 Å². The van der Waals surface area contributed by atoms with Crippen LogP contribution in [0.2, 0.25) is 0 Å². The van der Waals surface area contributed by atoms with Crippen molar-refractivity contribution in [3.63, 3.8) is 0 Å². The highest BCUT2D eigenvalue weighted by Crippen LogP contribution is 2.33. The number of para-hydroxylation sites is 2. The molecule has 2 aliphatic heterocycles. The standard InChI is InChI=1S/C27H33N3O6/c1-17(2)15-20(29-25(33)27-35-22-12-6-7-13-23(22)36-27)24(32)28-19-11-8-14-30(16-21(19)31)26(34)18-9-4-3-5-10-18/h3-7,9-10,12-13,17,19-21,27,31H,8,11,14-16H2,1-2H3,(H,28,32)(H,29,33)/t19?,20-,21?/m0/s1. The van der Waals surface area contributed by atoms with Crippen LogP contribution in [0.3, 0.4) is 0 Å². The number of fused-ring (bicyclic) bond motifs is 1. The lowest BCUT2D eigenvalue weighted by molar-refractivity contribution is -0.140. The highest BCUT2D eigenvalue weighted by molar-refractivity contribution is 5.94. The zero-order valence-corrected chi connectivity index (χ0v) is 20.6. The van der Waals surface area contributed by atoms with Crippen LogP contribution in [-0.4, -0.2) is 65.3 Å². The number of hydrogen-bond acceptors (Lipinski definition) is 6. The van der Waals surface area contributed by atoms with Crippen molar-refractivity contribution in [1.82, 2.24) is 15.5 Å². The van der Waals surface area contributed by atoms with E-state index in [1.807, 2.05) is 19.9 Å². The van der Waals surface area contributed by atoms with E-state index >= 15 is 0 Å². The largest absolute Gasteiger partial charge is 0.442 e. The van der Waals surface area contributed by atoms with Gasteiger partial charge in [-0.1, -0.05) is 44.2 Å². The van der Waals surface area contributed by atoms with Crippen LogP contribution < -0.4 is 20.1 Å². The number of amides is 3. The van der Waals surface area contributed by atoms with Crippen LogP contribution in [0.1, 0.15) is 43.5 Å². The smallest absolute Gasteiger partial charge is 0.321 e. The highest BCUT2D eigenvalue weighted by Gasteiger charge is 2.35. The highest BCUT2D eigenvalue weighted by atomic mass is 16.7. The first-order chi connectivity index (χ1) is 17.3. The molecule has 2 aliphatic rings. The molecule has 1 fully saturated rings. The van der Waals surface area contributed by atoms with Crippen molar-refractivity contribution >= 4 is 17.7 Å². The molecule has 36 heavy (non-hydrogen) atoms. The van der Waals surface area contributed by atoms with Crippen LogP contribution in [0.4, 0.5) is 0 Å². The summed E-state index contributed by atoms with van der Waals surface area (Å²) in [5.74, 6) is -0.0179. The Labute approximate surface area is 210 Å². The first kappa shape index (κ1) is 25.5. The fourth-order valence-corrected chi connectivity index (χ4v) is 4.49. The van der Waals surface area contributed by atoms with Gasteiger partial charge in [-0.2, -0.15) is 0 Å². The summed E-state index contributed by atoms with van der Waals surface area (Å²) >= 11 is 0. The predicted octanol–water partition coefficient (Wildman–Crippen LogP) is 2.10. The van der Waals surface area contributed by atoms with E-state index in [9.17, 15) is 19.5 Å². The molecule has 4 rings (SSSR count). The number of aliphatic hydroxyl groups excluding tert-OH is 1. The molecule has 9 nitrogen and oxygen atoms in total. The van der Waals surface area contributed by atoms with Gasteiger partial charge in [0, 0.05) is 18.7 Å². The van der Waals surface area contributed by atoms with Gasteiger partial charge < -0.3 is 30.1 Å². The molecule has 0 bridgehead atoms. The number of nitrogens with one attached hydrogen (secondary N) is 2. The van der Waals surface area contributed by atoms with Crippen LogP contribution in [-0.2, 0) is 9.59 Å². The summed E-state index contributed by atoms with van der Waals surface area (Å²) in [5, 5.41) is 16.5. The maximum absolute atomic E-state index is 13.2. The molecule has 3 atom stereocenters. The van der Waals surface area contributed by atoms with E-state index in [0.717, 1.165) is 0 Å². The SMILES string of the molecule is CC(C)C[C@H](NC(=O)C1Oc2ccccc2O1)C(=O)NC1CCCN(C(=O)c2ccccc2)CC1O. The molecule has 9 heteroatoms. The molecule has 0 saturated carbocycles. The second-order valence-corrected chi connectivity index (χ2v) is 9.65. The summed E-state index contributed by atoms with van der Waals surface area (Å²) in [4.78, 5) is 40.5. The number of rotatable bonds is 7. The fraction of sp³-hybridized carbons (Fsp3) is 0.444.